The molecule has 1 fully saturated rings. The van der Waals surface area contributed by atoms with Crippen LogP contribution < -0.4 is 10.2 Å². The van der Waals surface area contributed by atoms with E-state index < -0.39 is 16.7 Å². The van der Waals surface area contributed by atoms with Gasteiger partial charge in [0, 0.05) is 17.8 Å². The predicted octanol–water partition coefficient (Wildman–Crippen LogP) is 4.57. The molecule has 1 aromatic carbocycles. The zero-order valence-corrected chi connectivity index (χ0v) is 21.1. The molecular formula is C28H28FN5O3. The van der Waals surface area contributed by atoms with Gasteiger partial charge in [0.15, 0.2) is 17.3 Å². The number of methoxy groups -OCH3 is 1. The molecule has 0 N–H and O–H groups in total. The van der Waals surface area contributed by atoms with E-state index in [1.54, 1.807) is 35.7 Å². The van der Waals surface area contributed by atoms with E-state index in [0.717, 1.165) is 24.2 Å². The number of allylic oxidation sites excluding steroid dienone is 3. The van der Waals surface area contributed by atoms with Crippen LogP contribution in [0.1, 0.15) is 39.5 Å². The lowest BCUT2D eigenvalue weighted by Gasteiger charge is -2.25. The molecule has 0 unspecified atom stereocenters. The molecule has 6 rings (SSSR count). The molecule has 1 aliphatic heterocycles. The summed E-state index contributed by atoms with van der Waals surface area (Å²) in [5, 5.41) is 8.96. The van der Waals surface area contributed by atoms with Gasteiger partial charge in [-0.05, 0) is 63.6 Å². The minimum Gasteiger partial charge on any atom is -0.491 e. The van der Waals surface area contributed by atoms with E-state index in [0.29, 0.717) is 42.3 Å². The number of hydrogen-bond acceptors (Lipinski definition) is 5. The van der Waals surface area contributed by atoms with Crippen molar-refractivity contribution in [2.75, 3.05) is 13.7 Å². The third-order valence-electron chi connectivity index (χ3n) is 7.50. The van der Waals surface area contributed by atoms with Crippen molar-refractivity contribution in [2.45, 2.75) is 39.5 Å². The molecule has 3 heterocycles. The first-order valence-electron chi connectivity index (χ1n) is 12.5. The van der Waals surface area contributed by atoms with Crippen LogP contribution in [0.15, 0.2) is 70.7 Å². The van der Waals surface area contributed by atoms with E-state index in [1.165, 1.54) is 18.0 Å². The summed E-state index contributed by atoms with van der Waals surface area (Å²) in [6.45, 7) is 4.22. The monoisotopic (exact) mass is 501 g/mol. The second kappa shape index (κ2) is 8.54. The highest BCUT2D eigenvalue weighted by Crippen LogP contribution is 2.51. The molecule has 2 aliphatic carbocycles. The number of benzene rings is 1. The maximum atomic E-state index is 16.3. The first-order valence-corrected chi connectivity index (χ1v) is 12.5. The Labute approximate surface area is 213 Å². The molecule has 0 atom stereocenters. The average Bonchev–Trinajstić information content (AvgIpc) is 3.55. The van der Waals surface area contributed by atoms with Crippen LogP contribution in [0.25, 0.3) is 22.8 Å². The Morgan fingerprint density at radius 1 is 1.08 bits per heavy atom. The number of aromatic nitrogens is 4. The summed E-state index contributed by atoms with van der Waals surface area (Å²) in [6, 6.07) is 11.1. The van der Waals surface area contributed by atoms with Gasteiger partial charge in [-0.25, -0.2) is 13.8 Å². The van der Waals surface area contributed by atoms with Crippen LogP contribution in [-0.2, 0) is 4.79 Å². The molecule has 3 aliphatic rings. The molecule has 1 amide bonds. The fourth-order valence-corrected chi connectivity index (χ4v) is 5.36. The minimum absolute atomic E-state index is 0.0445. The van der Waals surface area contributed by atoms with Crippen molar-refractivity contribution in [3.8, 4) is 22.8 Å². The van der Waals surface area contributed by atoms with E-state index in [1.807, 2.05) is 30.3 Å². The summed E-state index contributed by atoms with van der Waals surface area (Å²) < 4.78 is 24.7. The van der Waals surface area contributed by atoms with Crippen molar-refractivity contribution in [1.29, 1.82) is 0 Å². The Morgan fingerprint density at radius 2 is 1.81 bits per heavy atom. The van der Waals surface area contributed by atoms with Crippen LogP contribution >= 0.6 is 0 Å². The van der Waals surface area contributed by atoms with Gasteiger partial charge in [-0.1, -0.05) is 18.2 Å². The first-order chi connectivity index (χ1) is 17.8. The highest BCUT2D eigenvalue weighted by Gasteiger charge is 2.50. The number of carbonyl (C=O) groups excluding carboxylic acids is 1. The standard InChI is InChI=1S/C28H28FN5O3/c1-28(2)23-19(32(27(28)36)15-17-9-10-17)11-12-20(24(23)29)33-16-22(37-3)26(35)25(31-33)21-13-14-30-34(21)18-7-5-4-6-8-18/h4-8,13-14,16-17H,9-12,15H2,1-3H3. The summed E-state index contributed by atoms with van der Waals surface area (Å²) in [5.41, 5.74) is 1.44. The van der Waals surface area contributed by atoms with Crippen LogP contribution in [-0.4, -0.2) is 44.0 Å². The van der Waals surface area contributed by atoms with Gasteiger partial charge >= 0.3 is 0 Å². The zero-order valence-electron chi connectivity index (χ0n) is 21.1. The van der Waals surface area contributed by atoms with E-state index in [-0.39, 0.29) is 17.4 Å². The molecule has 9 heteroatoms. The van der Waals surface area contributed by atoms with Gasteiger partial charge in [-0.2, -0.15) is 10.2 Å². The van der Waals surface area contributed by atoms with Gasteiger partial charge in [0.2, 0.25) is 5.91 Å². The van der Waals surface area contributed by atoms with Crippen LogP contribution in [0.4, 0.5) is 4.39 Å². The topological polar surface area (TPSA) is 82.2 Å². The molecule has 3 aromatic rings. The van der Waals surface area contributed by atoms with E-state index in [9.17, 15) is 9.59 Å². The van der Waals surface area contributed by atoms with Gasteiger partial charge in [0.25, 0.3) is 5.43 Å². The molecule has 1 saturated carbocycles. The number of para-hydroxylation sites is 1. The summed E-state index contributed by atoms with van der Waals surface area (Å²) >= 11 is 0. The van der Waals surface area contributed by atoms with Crippen molar-refractivity contribution < 1.29 is 13.9 Å². The van der Waals surface area contributed by atoms with Crippen LogP contribution in [0.3, 0.4) is 0 Å². The third kappa shape index (κ3) is 3.72. The zero-order chi connectivity index (χ0) is 25.9. The molecular weight excluding hydrogens is 473 g/mol. The normalized spacial score (nSPS) is 19.0. The van der Waals surface area contributed by atoms with E-state index in [4.69, 9.17) is 4.74 Å². The molecule has 0 radical (unpaired) electrons. The van der Waals surface area contributed by atoms with Gasteiger partial charge in [-0.3, -0.25) is 9.59 Å². The van der Waals surface area contributed by atoms with Crippen LogP contribution in [0.2, 0.25) is 0 Å². The van der Waals surface area contributed by atoms with Gasteiger partial charge in [0.05, 0.1) is 42.0 Å². The summed E-state index contributed by atoms with van der Waals surface area (Å²) in [4.78, 5) is 28.3. The van der Waals surface area contributed by atoms with Crippen molar-refractivity contribution in [3.05, 3.63) is 76.1 Å². The number of carbonyl (C=O) groups is 1. The van der Waals surface area contributed by atoms with Crippen molar-refractivity contribution in [2.24, 2.45) is 11.3 Å². The molecule has 0 spiro atoms. The number of halogens is 1. The van der Waals surface area contributed by atoms with Gasteiger partial charge < -0.3 is 9.64 Å². The number of nitrogens with zero attached hydrogens (tertiary/aromatic N) is 5. The van der Waals surface area contributed by atoms with E-state index in [2.05, 4.69) is 10.2 Å². The highest BCUT2D eigenvalue weighted by atomic mass is 19.1. The lowest BCUT2D eigenvalue weighted by molar-refractivity contribution is -0.134. The van der Waals surface area contributed by atoms with Crippen LogP contribution in [0.5, 0.6) is 5.75 Å². The van der Waals surface area contributed by atoms with Crippen molar-refractivity contribution >= 4 is 11.6 Å². The summed E-state index contributed by atoms with van der Waals surface area (Å²) in [7, 11) is 1.40. The number of rotatable bonds is 6. The quantitative estimate of drug-likeness (QED) is 0.494. The third-order valence-corrected chi connectivity index (χ3v) is 7.50. The number of hydrogen-bond donors (Lipinski definition) is 0. The van der Waals surface area contributed by atoms with Gasteiger partial charge in [-0.15, -0.1) is 0 Å². The molecule has 2 aromatic heterocycles. The molecule has 8 nitrogen and oxygen atoms in total. The first kappa shape index (κ1) is 23.4. The second-order valence-corrected chi connectivity index (χ2v) is 10.4. The molecule has 0 saturated heterocycles. The predicted molar refractivity (Wildman–Crippen MR) is 136 cm³/mol. The van der Waals surface area contributed by atoms with Crippen LogP contribution in [0, 0.1) is 11.3 Å². The Morgan fingerprint density at radius 3 is 2.51 bits per heavy atom. The van der Waals surface area contributed by atoms with Crippen molar-refractivity contribution in [1.82, 2.24) is 24.5 Å². The molecule has 0 bridgehead atoms. The lowest BCUT2D eigenvalue weighted by atomic mass is 9.81. The minimum atomic E-state index is -0.974. The lowest BCUT2D eigenvalue weighted by Crippen LogP contribution is -2.34. The largest absolute Gasteiger partial charge is 0.491 e. The summed E-state index contributed by atoms with van der Waals surface area (Å²) in [5.74, 6) is 0.0299. The average molecular weight is 502 g/mol. The SMILES string of the molecule is COc1cn(C2=C(F)C3=C(CC2)N(CC2CC2)C(=O)C3(C)C)nc(-c2ccnn2-c2ccccc2)c1=O. The molecule has 37 heavy (non-hydrogen) atoms. The van der Waals surface area contributed by atoms with E-state index >= 15 is 4.39 Å². The molecule has 190 valence electrons. The highest BCUT2D eigenvalue weighted by molar-refractivity contribution is 5.93. The Balaban J connectivity index is 1.49. The fraction of sp³-hybridized carbons (Fsp3) is 0.357. The fourth-order valence-electron chi connectivity index (χ4n) is 5.36. The Bertz CT molecular complexity index is 1530. The summed E-state index contributed by atoms with van der Waals surface area (Å²) in [6.07, 6.45) is 6.09. The second-order valence-electron chi connectivity index (χ2n) is 10.4. The Hall–Kier alpha value is -4.01. The van der Waals surface area contributed by atoms with Gasteiger partial charge in [0.1, 0.15) is 0 Å². The number of amides is 1. The maximum Gasteiger partial charge on any atom is 0.251 e. The number of ether oxygens (including phenoxy) is 1. The van der Waals surface area contributed by atoms with Crippen molar-refractivity contribution in [3.63, 3.8) is 0 Å². The Kier molecular flexibility index (Phi) is 5.40. The smallest absolute Gasteiger partial charge is 0.251 e. The maximum absolute atomic E-state index is 16.3.